The molecule has 1 aliphatic rings. The average Bonchev–Trinajstić information content (AvgIpc) is 2.68. The van der Waals surface area contributed by atoms with E-state index in [9.17, 15) is 0 Å². The maximum Gasteiger partial charge on any atom is 0.154 e. The summed E-state index contributed by atoms with van der Waals surface area (Å²) >= 11 is 0. The molecule has 5 nitrogen and oxygen atoms in total. The third-order valence-corrected chi connectivity index (χ3v) is 2.48. The van der Waals surface area contributed by atoms with Crippen molar-refractivity contribution in [2.75, 3.05) is 20.3 Å². The van der Waals surface area contributed by atoms with Gasteiger partial charge in [-0.15, -0.1) is 0 Å². The zero-order chi connectivity index (χ0) is 9.80. The predicted octanol–water partition coefficient (Wildman–Crippen LogP) is 0.418. The SMILES string of the molecule is CNCc1nc(C2CCOCC2)n[nH]1. The van der Waals surface area contributed by atoms with Crippen LogP contribution in [0.2, 0.25) is 0 Å². The van der Waals surface area contributed by atoms with Gasteiger partial charge in [0.05, 0.1) is 6.54 Å². The standard InChI is InChI=1S/C9H16N4O/c1-10-6-8-11-9(13-12-8)7-2-4-14-5-3-7/h7,10H,2-6H2,1H3,(H,11,12,13). The summed E-state index contributed by atoms with van der Waals surface area (Å²) in [6, 6.07) is 0. The highest BCUT2D eigenvalue weighted by atomic mass is 16.5. The van der Waals surface area contributed by atoms with Crippen molar-refractivity contribution in [2.24, 2.45) is 0 Å². The second kappa shape index (κ2) is 4.52. The summed E-state index contributed by atoms with van der Waals surface area (Å²) in [4.78, 5) is 4.44. The molecule has 2 heterocycles. The molecule has 2 rings (SSSR count). The third kappa shape index (κ3) is 2.10. The molecule has 1 aromatic rings. The number of nitrogens with zero attached hydrogens (tertiary/aromatic N) is 2. The normalized spacial score (nSPS) is 18.6. The molecule has 0 radical (unpaired) electrons. The first-order valence-corrected chi connectivity index (χ1v) is 5.03. The van der Waals surface area contributed by atoms with E-state index in [0.717, 1.165) is 44.2 Å². The van der Waals surface area contributed by atoms with Crippen LogP contribution in [0.25, 0.3) is 0 Å². The molecule has 0 spiro atoms. The molecule has 14 heavy (non-hydrogen) atoms. The van der Waals surface area contributed by atoms with Crippen molar-refractivity contribution in [3.05, 3.63) is 11.6 Å². The third-order valence-electron chi connectivity index (χ3n) is 2.48. The van der Waals surface area contributed by atoms with Crippen molar-refractivity contribution in [3.8, 4) is 0 Å². The predicted molar refractivity (Wildman–Crippen MR) is 51.9 cm³/mol. The topological polar surface area (TPSA) is 62.8 Å². The molecule has 1 fully saturated rings. The van der Waals surface area contributed by atoms with Gasteiger partial charge >= 0.3 is 0 Å². The van der Waals surface area contributed by atoms with E-state index >= 15 is 0 Å². The Labute approximate surface area is 83.3 Å². The molecule has 5 heteroatoms. The van der Waals surface area contributed by atoms with Crippen LogP contribution in [0.5, 0.6) is 0 Å². The van der Waals surface area contributed by atoms with Crippen molar-refractivity contribution in [3.63, 3.8) is 0 Å². The quantitative estimate of drug-likeness (QED) is 0.735. The molecule has 0 amide bonds. The summed E-state index contributed by atoms with van der Waals surface area (Å²) in [6.45, 7) is 2.41. The first-order chi connectivity index (χ1) is 6.90. The maximum atomic E-state index is 5.30. The molecule has 0 bridgehead atoms. The Bertz CT molecular complexity index is 280. The second-order valence-corrected chi connectivity index (χ2v) is 3.56. The van der Waals surface area contributed by atoms with Gasteiger partial charge in [0.2, 0.25) is 0 Å². The minimum Gasteiger partial charge on any atom is -0.381 e. The zero-order valence-corrected chi connectivity index (χ0v) is 8.42. The highest BCUT2D eigenvalue weighted by Gasteiger charge is 2.19. The van der Waals surface area contributed by atoms with Crippen LogP contribution in [0.3, 0.4) is 0 Å². The lowest BCUT2D eigenvalue weighted by molar-refractivity contribution is 0.0836. The fourth-order valence-electron chi connectivity index (χ4n) is 1.69. The van der Waals surface area contributed by atoms with E-state index in [1.165, 1.54) is 0 Å². The molecule has 1 aliphatic heterocycles. The summed E-state index contributed by atoms with van der Waals surface area (Å²) in [6.07, 6.45) is 2.08. The van der Waals surface area contributed by atoms with Gasteiger partial charge in [0, 0.05) is 19.1 Å². The highest BCUT2D eigenvalue weighted by molar-refractivity contribution is 4.98. The van der Waals surface area contributed by atoms with Crippen molar-refractivity contribution in [1.29, 1.82) is 0 Å². The Balaban J connectivity index is 2.00. The molecule has 0 aromatic carbocycles. The monoisotopic (exact) mass is 196 g/mol. The van der Waals surface area contributed by atoms with E-state index in [1.54, 1.807) is 0 Å². The number of ether oxygens (including phenoxy) is 1. The number of aromatic amines is 1. The van der Waals surface area contributed by atoms with Gasteiger partial charge in [0.1, 0.15) is 5.82 Å². The van der Waals surface area contributed by atoms with Gasteiger partial charge in [-0.3, -0.25) is 5.10 Å². The van der Waals surface area contributed by atoms with E-state index in [2.05, 4.69) is 20.5 Å². The first-order valence-electron chi connectivity index (χ1n) is 5.03. The highest BCUT2D eigenvalue weighted by Crippen LogP contribution is 2.23. The molecule has 0 aliphatic carbocycles. The van der Waals surface area contributed by atoms with Crippen LogP contribution in [-0.4, -0.2) is 35.4 Å². The zero-order valence-electron chi connectivity index (χ0n) is 8.42. The maximum absolute atomic E-state index is 5.30. The van der Waals surface area contributed by atoms with E-state index in [1.807, 2.05) is 7.05 Å². The van der Waals surface area contributed by atoms with Gasteiger partial charge in [0.15, 0.2) is 5.82 Å². The largest absolute Gasteiger partial charge is 0.381 e. The summed E-state index contributed by atoms with van der Waals surface area (Å²) < 4.78 is 5.30. The van der Waals surface area contributed by atoms with Crippen molar-refractivity contribution >= 4 is 0 Å². The number of nitrogens with one attached hydrogen (secondary N) is 2. The summed E-state index contributed by atoms with van der Waals surface area (Å²) in [5.41, 5.74) is 0. The Morgan fingerprint density at radius 1 is 1.50 bits per heavy atom. The molecule has 1 saturated heterocycles. The fourth-order valence-corrected chi connectivity index (χ4v) is 1.69. The van der Waals surface area contributed by atoms with Gasteiger partial charge in [-0.2, -0.15) is 5.10 Å². The molecule has 0 atom stereocenters. The van der Waals surface area contributed by atoms with Crippen molar-refractivity contribution in [2.45, 2.75) is 25.3 Å². The van der Waals surface area contributed by atoms with E-state index in [-0.39, 0.29) is 0 Å². The lowest BCUT2D eigenvalue weighted by atomic mass is 10.00. The summed E-state index contributed by atoms with van der Waals surface area (Å²) in [5.74, 6) is 2.33. The number of hydrogen-bond acceptors (Lipinski definition) is 4. The molecule has 2 N–H and O–H groups in total. The Kier molecular flexibility index (Phi) is 3.10. The van der Waals surface area contributed by atoms with Crippen molar-refractivity contribution in [1.82, 2.24) is 20.5 Å². The molecular formula is C9H16N4O. The number of hydrogen-bond donors (Lipinski definition) is 2. The minimum atomic E-state index is 0.477. The minimum absolute atomic E-state index is 0.477. The van der Waals surface area contributed by atoms with Crippen LogP contribution < -0.4 is 5.32 Å². The molecule has 0 saturated carbocycles. The van der Waals surface area contributed by atoms with E-state index in [0.29, 0.717) is 5.92 Å². The van der Waals surface area contributed by atoms with Gasteiger partial charge < -0.3 is 10.1 Å². The van der Waals surface area contributed by atoms with E-state index < -0.39 is 0 Å². The molecular weight excluding hydrogens is 180 g/mol. The van der Waals surface area contributed by atoms with E-state index in [4.69, 9.17) is 4.74 Å². The van der Waals surface area contributed by atoms with Crippen LogP contribution in [-0.2, 0) is 11.3 Å². The number of H-pyrrole nitrogens is 1. The van der Waals surface area contributed by atoms with Crippen LogP contribution in [0.4, 0.5) is 0 Å². The summed E-state index contributed by atoms with van der Waals surface area (Å²) in [7, 11) is 1.90. The Morgan fingerprint density at radius 3 is 3.00 bits per heavy atom. The Morgan fingerprint density at radius 2 is 2.29 bits per heavy atom. The first kappa shape index (κ1) is 9.61. The second-order valence-electron chi connectivity index (χ2n) is 3.56. The summed E-state index contributed by atoms with van der Waals surface area (Å²) in [5, 5.41) is 10.2. The van der Waals surface area contributed by atoms with Crippen LogP contribution in [0, 0.1) is 0 Å². The molecule has 1 aromatic heterocycles. The average molecular weight is 196 g/mol. The van der Waals surface area contributed by atoms with Gasteiger partial charge in [-0.1, -0.05) is 0 Å². The van der Waals surface area contributed by atoms with Gasteiger partial charge in [-0.05, 0) is 19.9 Å². The molecule has 78 valence electrons. The number of aromatic nitrogens is 3. The Hall–Kier alpha value is -0.940. The van der Waals surface area contributed by atoms with Gasteiger partial charge in [0.25, 0.3) is 0 Å². The number of rotatable bonds is 3. The molecule has 0 unspecified atom stereocenters. The smallest absolute Gasteiger partial charge is 0.154 e. The fraction of sp³-hybridized carbons (Fsp3) is 0.778. The lowest BCUT2D eigenvalue weighted by Gasteiger charge is -2.18. The van der Waals surface area contributed by atoms with Crippen LogP contribution in [0.1, 0.15) is 30.4 Å². The van der Waals surface area contributed by atoms with Crippen LogP contribution in [0.15, 0.2) is 0 Å². The lowest BCUT2D eigenvalue weighted by Crippen LogP contribution is -2.15. The van der Waals surface area contributed by atoms with Gasteiger partial charge in [-0.25, -0.2) is 4.98 Å². The van der Waals surface area contributed by atoms with Crippen molar-refractivity contribution < 1.29 is 4.74 Å². The van der Waals surface area contributed by atoms with Crippen LogP contribution >= 0.6 is 0 Å².